The zero-order chi connectivity index (χ0) is 9.02. The number of aliphatic carboxylic acids is 2. The molecule has 0 aliphatic heterocycles. The van der Waals surface area contributed by atoms with Gasteiger partial charge < -0.3 is 15.3 Å². The molecule has 0 aliphatic carbocycles. The van der Waals surface area contributed by atoms with Gasteiger partial charge in [-0.25, -0.2) is 4.79 Å². The first-order valence-electron chi connectivity index (χ1n) is 2.67. The van der Waals surface area contributed by atoms with E-state index in [-0.39, 0.29) is 0 Å². The summed E-state index contributed by atoms with van der Waals surface area (Å²) in [5.74, 6) is -2.85. The summed E-state index contributed by atoms with van der Waals surface area (Å²) in [6.45, 7) is 0. The van der Waals surface area contributed by atoms with E-state index in [0.29, 0.717) is 0 Å². The van der Waals surface area contributed by atoms with Crippen molar-refractivity contribution in [3.05, 3.63) is 0 Å². The van der Waals surface area contributed by atoms with E-state index in [0.717, 1.165) is 11.8 Å². The molecule has 64 valence electrons. The minimum Gasteiger partial charge on any atom is -0.480 e. The number of aliphatic hydroxyl groups excluding tert-OH is 1. The first kappa shape index (κ1) is 10.2. The highest BCUT2D eigenvalue weighted by atomic mass is 32.2. The fourth-order valence-corrected chi connectivity index (χ4v) is 1.07. The van der Waals surface area contributed by atoms with Gasteiger partial charge in [0.1, 0.15) is 5.25 Å². The van der Waals surface area contributed by atoms with Crippen molar-refractivity contribution in [3.8, 4) is 0 Å². The number of aliphatic hydroxyl groups is 1. The molecule has 0 fully saturated rings. The molecule has 0 aliphatic rings. The highest BCUT2D eigenvalue weighted by Crippen LogP contribution is 2.11. The van der Waals surface area contributed by atoms with Crippen LogP contribution in [0, 0.1) is 0 Å². The summed E-state index contributed by atoms with van der Waals surface area (Å²) in [5, 5.41) is 24.0. The van der Waals surface area contributed by atoms with Crippen molar-refractivity contribution in [1.82, 2.24) is 0 Å². The third-order valence-corrected chi connectivity index (χ3v) is 2.00. The molecule has 0 aromatic carbocycles. The average molecular weight is 180 g/mol. The average Bonchev–Trinajstić information content (AvgIpc) is 1.88. The number of thioether (sulfide) groups is 1. The number of hydrogen-bond acceptors (Lipinski definition) is 4. The van der Waals surface area contributed by atoms with Gasteiger partial charge in [0.05, 0.1) is 0 Å². The maximum absolute atomic E-state index is 10.2. The molecule has 0 aromatic heterocycles. The monoisotopic (exact) mass is 180 g/mol. The van der Waals surface area contributed by atoms with Crippen LogP contribution < -0.4 is 0 Å². The van der Waals surface area contributed by atoms with Crippen LogP contribution in [0.1, 0.15) is 0 Å². The molecule has 0 radical (unpaired) electrons. The summed E-state index contributed by atoms with van der Waals surface area (Å²) < 4.78 is 0. The van der Waals surface area contributed by atoms with Gasteiger partial charge in [-0.15, -0.1) is 11.8 Å². The molecule has 6 heteroatoms. The standard InChI is InChI=1S/C5H8O5S/c1-11-3(5(9)10)2(6)4(7)8/h2-3,6H,1H3,(H,7,8)(H,9,10)/t2-,3+/m1/s1. The highest BCUT2D eigenvalue weighted by molar-refractivity contribution is 8.00. The van der Waals surface area contributed by atoms with Gasteiger partial charge in [-0.05, 0) is 6.26 Å². The van der Waals surface area contributed by atoms with E-state index in [4.69, 9.17) is 15.3 Å². The number of carboxylic acids is 2. The fourth-order valence-electron chi connectivity index (χ4n) is 0.494. The second-order valence-electron chi connectivity index (χ2n) is 1.78. The molecule has 0 saturated heterocycles. The van der Waals surface area contributed by atoms with Crippen molar-refractivity contribution in [1.29, 1.82) is 0 Å². The molecule has 11 heavy (non-hydrogen) atoms. The second kappa shape index (κ2) is 4.20. The first-order chi connectivity index (χ1) is 5.00. The van der Waals surface area contributed by atoms with Gasteiger partial charge in [0, 0.05) is 0 Å². The molecule has 0 saturated carbocycles. The van der Waals surface area contributed by atoms with Gasteiger partial charge in [0.2, 0.25) is 0 Å². The van der Waals surface area contributed by atoms with Crippen molar-refractivity contribution in [3.63, 3.8) is 0 Å². The van der Waals surface area contributed by atoms with Crippen molar-refractivity contribution >= 4 is 23.7 Å². The van der Waals surface area contributed by atoms with Crippen LogP contribution in [0.4, 0.5) is 0 Å². The SMILES string of the molecule is CS[C@H](C(=O)O)[C@@H](O)C(=O)O. The van der Waals surface area contributed by atoms with Crippen molar-refractivity contribution in [2.45, 2.75) is 11.4 Å². The molecule has 3 N–H and O–H groups in total. The smallest absolute Gasteiger partial charge is 0.334 e. The molecular formula is C5H8O5S. The minimum absolute atomic E-state index is 0.784. The van der Waals surface area contributed by atoms with E-state index in [2.05, 4.69) is 0 Å². The van der Waals surface area contributed by atoms with Gasteiger partial charge in [-0.3, -0.25) is 4.79 Å². The number of carboxylic acid groups (broad SMARTS) is 2. The van der Waals surface area contributed by atoms with Crippen molar-refractivity contribution < 1.29 is 24.9 Å². The Hall–Kier alpha value is -0.750. The molecule has 0 heterocycles. The first-order valence-corrected chi connectivity index (χ1v) is 3.96. The zero-order valence-corrected chi connectivity index (χ0v) is 6.54. The third kappa shape index (κ3) is 2.77. The summed E-state index contributed by atoms with van der Waals surface area (Å²) >= 11 is 0.784. The van der Waals surface area contributed by atoms with Crippen LogP contribution in [0.15, 0.2) is 0 Å². The molecule has 5 nitrogen and oxygen atoms in total. The minimum atomic E-state index is -1.84. The largest absolute Gasteiger partial charge is 0.480 e. The Morgan fingerprint density at radius 3 is 1.82 bits per heavy atom. The molecule has 2 atom stereocenters. The highest BCUT2D eigenvalue weighted by Gasteiger charge is 2.30. The molecule has 0 unspecified atom stereocenters. The second-order valence-corrected chi connectivity index (χ2v) is 2.76. The maximum Gasteiger partial charge on any atom is 0.334 e. The topological polar surface area (TPSA) is 94.8 Å². The lowest BCUT2D eigenvalue weighted by Crippen LogP contribution is -2.37. The Labute approximate surface area is 67.0 Å². The van der Waals surface area contributed by atoms with E-state index in [1.807, 2.05) is 0 Å². The van der Waals surface area contributed by atoms with Crippen LogP contribution in [0.3, 0.4) is 0 Å². The Bertz CT molecular complexity index is 168. The van der Waals surface area contributed by atoms with E-state index in [1.54, 1.807) is 0 Å². The van der Waals surface area contributed by atoms with Crippen LogP contribution in [0.5, 0.6) is 0 Å². The van der Waals surface area contributed by atoms with Crippen LogP contribution >= 0.6 is 11.8 Å². The lowest BCUT2D eigenvalue weighted by molar-refractivity contribution is -0.152. The third-order valence-electron chi connectivity index (χ3n) is 1.04. The summed E-state index contributed by atoms with van der Waals surface area (Å²) in [6, 6.07) is 0. The lowest BCUT2D eigenvalue weighted by atomic mass is 10.2. The molecule has 0 bridgehead atoms. The molecule has 0 spiro atoms. The van der Waals surface area contributed by atoms with Crippen molar-refractivity contribution in [2.75, 3.05) is 6.26 Å². The van der Waals surface area contributed by atoms with E-state index in [9.17, 15) is 9.59 Å². The predicted molar refractivity (Wildman–Crippen MR) is 38.6 cm³/mol. The Morgan fingerprint density at radius 1 is 1.27 bits per heavy atom. The molecule has 0 aromatic rings. The number of hydrogen-bond donors (Lipinski definition) is 3. The quantitative estimate of drug-likeness (QED) is 0.526. The van der Waals surface area contributed by atoms with Gasteiger partial charge in [0.15, 0.2) is 6.10 Å². The van der Waals surface area contributed by atoms with Gasteiger partial charge in [-0.2, -0.15) is 0 Å². The maximum atomic E-state index is 10.2. The Morgan fingerprint density at radius 2 is 1.73 bits per heavy atom. The van der Waals surface area contributed by atoms with E-state index < -0.39 is 23.3 Å². The van der Waals surface area contributed by atoms with Crippen LogP contribution in [-0.4, -0.2) is 44.9 Å². The number of carbonyl (C=O) groups is 2. The Balaban J connectivity index is 4.25. The van der Waals surface area contributed by atoms with Gasteiger partial charge in [0.25, 0.3) is 0 Å². The molecule has 0 amide bonds. The van der Waals surface area contributed by atoms with E-state index in [1.165, 1.54) is 6.26 Å². The summed E-state index contributed by atoms with van der Waals surface area (Å²) in [7, 11) is 0. The van der Waals surface area contributed by atoms with E-state index >= 15 is 0 Å². The zero-order valence-electron chi connectivity index (χ0n) is 5.72. The fraction of sp³-hybridized carbons (Fsp3) is 0.600. The summed E-state index contributed by atoms with van der Waals surface area (Å²) in [5.41, 5.74) is 0. The molecule has 0 rings (SSSR count). The lowest BCUT2D eigenvalue weighted by Gasteiger charge is -2.11. The normalized spacial score (nSPS) is 15.5. The van der Waals surface area contributed by atoms with Crippen molar-refractivity contribution in [2.24, 2.45) is 0 Å². The van der Waals surface area contributed by atoms with Crippen LogP contribution in [-0.2, 0) is 9.59 Å². The summed E-state index contributed by atoms with van der Waals surface area (Å²) in [4.78, 5) is 20.3. The molecular weight excluding hydrogens is 172 g/mol. The Kier molecular flexibility index (Phi) is 3.91. The van der Waals surface area contributed by atoms with Crippen LogP contribution in [0.25, 0.3) is 0 Å². The van der Waals surface area contributed by atoms with Gasteiger partial charge >= 0.3 is 11.9 Å². The predicted octanol–water partition coefficient (Wildman–Crippen LogP) is -0.752. The number of rotatable bonds is 4. The summed E-state index contributed by atoms with van der Waals surface area (Å²) in [6.07, 6.45) is -0.423. The van der Waals surface area contributed by atoms with Crippen LogP contribution in [0.2, 0.25) is 0 Å². The van der Waals surface area contributed by atoms with Gasteiger partial charge in [-0.1, -0.05) is 0 Å².